The predicted octanol–water partition coefficient (Wildman–Crippen LogP) is 1.68. The molecule has 2 amide bonds. The third-order valence-electron chi connectivity index (χ3n) is 4.75. The molecule has 0 saturated carbocycles. The molecule has 1 aromatic carbocycles. The molecule has 0 spiro atoms. The Morgan fingerprint density at radius 3 is 2.57 bits per heavy atom. The minimum absolute atomic E-state index is 0.0268. The fourth-order valence-electron chi connectivity index (χ4n) is 3.02. The van der Waals surface area contributed by atoms with E-state index in [1.165, 1.54) is 16.7 Å². The molecule has 0 N–H and O–H groups in total. The number of nitrogens with zero attached hydrogens (tertiary/aromatic N) is 3. The molecule has 2 fully saturated rings. The van der Waals surface area contributed by atoms with Crippen molar-refractivity contribution >= 4 is 46.2 Å². The Hall–Kier alpha value is -2.10. The van der Waals surface area contributed by atoms with Gasteiger partial charge in [-0.3, -0.25) is 14.5 Å². The Kier molecular flexibility index (Phi) is 6.58. The van der Waals surface area contributed by atoms with E-state index in [0.717, 1.165) is 13.1 Å². The number of carbonyl (C=O) groups is 2. The summed E-state index contributed by atoms with van der Waals surface area (Å²) in [6.45, 7) is 2.97. The lowest BCUT2D eigenvalue weighted by atomic mass is 10.1. The van der Waals surface area contributed by atoms with Crippen LogP contribution in [0.2, 0.25) is 0 Å². The molecule has 0 radical (unpaired) electrons. The Morgan fingerprint density at radius 2 is 1.93 bits per heavy atom. The standard InChI is InChI=1S/C19H23N3O4S2/c1-20-6-8-21(9-7-20)17(23)12-22-18(24)16(28-19(22)27)11-13-10-14(25-2)4-5-15(13)26-3/h4-5,10-11H,6-9,12H2,1-3H3. The van der Waals surface area contributed by atoms with Crippen molar-refractivity contribution < 1.29 is 19.1 Å². The van der Waals surface area contributed by atoms with E-state index < -0.39 is 0 Å². The molecule has 0 aliphatic carbocycles. The monoisotopic (exact) mass is 421 g/mol. The van der Waals surface area contributed by atoms with Gasteiger partial charge in [0.1, 0.15) is 22.4 Å². The summed E-state index contributed by atoms with van der Waals surface area (Å²) in [5.41, 5.74) is 0.716. The Morgan fingerprint density at radius 1 is 1.21 bits per heavy atom. The molecule has 2 aliphatic rings. The summed E-state index contributed by atoms with van der Waals surface area (Å²) in [4.78, 5) is 31.2. The zero-order valence-corrected chi connectivity index (χ0v) is 17.8. The minimum atomic E-state index is -0.262. The molecule has 28 heavy (non-hydrogen) atoms. The van der Waals surface area contributed by atoms with Crippen LogP contribution in [0.5, 0.6) is 11.5 Å². The summed E-state index contributed by atoms with van der Waals surface area (Å²) in [6, 6.07) is 5.36. The third kappa shape index (κ3) is 4.48. The maximum absolute atomic E-state index is 12.8. The van der Waals surface area contributed by atoms with Crippen LogP contribution in [-0.2, 0) is 9.59 Å². The highest BCUT2D eigenvalue weighted by Gasteiger charge is 2.35. The van der Waals surface area contributed by atoms with Gasteiger partial charge in [-0.1, -0.05) is 24.0 Å². The average molecular weight is 422 g/mol. The topological polar surface area (TPSA) is 62.3 Å². The number of rotatable bonds is 5. The van der Waals surface area contributed by atoms with Crippen molar-refractivity contribution in [1.82, 2.24) is 14.7 Å². The van der Waals surface area contributed by atoms with Gasteiger partial charge in [-0.05, 0) is 31.3 Å². The predicted molar refractivity (Wildman–Crippen MR) is 114 cm³/mol. The van der Waals surface area contributed by atoms with E-state index in [2.05, 4.69) is 4.90 Å². The number of ether oxygens (including phenoxy) is 2. The van der Waals surface area contributed by atoms with Crippen LogP contribution in [0.25, 0.3) is 6.08 Å². The number of hydrogen-bond donors (Lipinski definition) is 0. The van der Waals surface area contributed by atoms with Crippen molar-refractivity contribution in [2.75, 3.05) is 54.0 Å². The number of amides is 2. The molecule has 150 valence electrons. The first-order chi connectivity index (χ1) is 13.4. The highest BCUT2D eigenvalue weighted by Crippen LogP contribution is 2.35. The Bertz CT molecular complexity index is 819. The second-order valence-electron chi connectivity index (χ2n) is 6.56. The van der Waals surface area contributed by atoms with Crippen molar-refractivity contribution in [3.8, 4) is 11.5 Å². The smallest absolute Gasteiger partial charge is 0.266 e. The number of methoxy groups -OCH3 is 2. The van der Waals surface area contributed by atoms with Crippen LogP contribution in [-0.4, -0.2) is 84.8 Å². The van der Waals surface area contributed by atoms with E-state index in [1.54, 1.807) is 43.4 Å². The maximum Gasteiger partial charge on any atom is 0.266 e. The highest BCUT2D eigenvalue weighted by atomic mass is 32.2. The van der Waals surface area contributed by atoms with Crippen molar-refractivity contribution in [3.63, 3.8) is 0 Å². The maximum atomic E-state index is 12.8. The number of piperazine rings is 1. The van der Waals surface area contributed by atoms with E-state index in [-0.39, 0.29) is 18.4 Å². The van der Waals surface area contributed by atoms with Crippen LogP contribution < -0.4 is 9.47 Å². The number of likely N-dealkylation sites (N-methyl/N-ethyl adjacent to an activating group) is 1. The first-order valence-electron chi connectivity index (χ1n) is 8.86. The van der Waals surface area contributed by atoms with Gasteiger partial charge in [-0.25, -0.2) is 0 Å². The molecular formula is C19H23N3O4S2. The molecule has 3 rings (SSSR count). The van der Waals surface area contributed by atoms with E-state index >= 15 is 0 Å². The van der Waals surface area contributed by atoms with Gasteiger partial charge in [0.2, 0.25) is 5.91 Å². The fraction of sp³-hybridized carbons (Fsp3) is 0.421. The van der Waals surface area contributed by atoms with Gasteiger partial charge < -0.3 is 19.3 Å². The SMILES string of the molecule is COc1ccc(OC)c(C=C2SC(=S)N(CC(=O)N3CCN(C)CC3)C2=O)c1. The summed E-state index contributed by atoms with van der Waals surface area (Å²) in [6.07, 6.45) is 1.72. The number of carbonyl (C=O) groups excluding carboxylic acids is 2. The average Bonchev–Trinajstić information content (AvgIpc) is 2.95. The molecule has 1 aromatic rings. The molecule has 0 aromatic heterocycles. The molecule has 0 atom stereocenters. The van der Waals surface area contributed by atoms with Crippen molar-refractivity contribution in [1.29, 1.82) is 0 Å². The van der Waals surface area contributed by atoms with Crippen molar-refractivity contribution in [2.24, 2.45) is 0 Å². The van der Waals surface area contributed by atoms with E-state index in [9.17, 15) is 9.59 Å². The first-order valence-corrected chi connectivity index (χ1v) is 10.1. The number of thioether (sulfide) groups is 1. The van der Waals surface area contributed by atoms with Crippen LogP contribution in [0.3, 0.4) is 0 Å². The molecule has 9 heteroatoms. The van der Waals surface area contributed by atoms with Crippen LogP contribution in [0, 0.1) is 0 Å². The normalized spacial score (nSPS) is 19.5. The van der Waals surface area contributed by atoms with Gasteiger partial charge in [-0.2, -0.15) is 0 Å². The number of thiocarbonyl (C=S) groups is 1. The second kappa shape index (κ2) is 8.93. The van der Waals surface area contributed by atoms with Gasteiger partial charge >= 0.3 is 0 Å². The zero-order chi connectivity index (χ0) is 20.3. The molecule has 0 bridgehead atoms. The van der Waals surface area contributed by atoms with Crippen LogP contribution >= 0.6 is 24.0 Å². The lowest BCUT2D eigenvalue weighted by Crippen LogP contribution is -2.50. The molecular weight excluding hydrogens is 398 g/mol. The lowest BCUT2D eigenvalue weighted by Gasteiger charge is -2.33. The lowest BCUT2D eigenvalue weighted by molar-refractivity contribution is -0.136. The van der Waals surface area contributed by atoms with Gasteiger partial charge in [0.25, 0.3) is 5.91 Å². The van der Waals surface area contributed by atoms with Crippen LogP contribution in [0.1, 0.15) is 5.56 Å². The first kappa shape index (κ1) is 20.6. The molecule has 2 heterocycles. The second-order valence-corrected chi connectivity index (χ2v) is 8.24. The summed E-state index contributed by atoms with van der Waals surface area (Å²) in [5.74, 6) is 0.944. The molecule has 0 unspecified atom stereocenters. The van der Waals surface area contributed by atoms with Crippen molar-refractivity contribution in [2.45, 2.75) is 0 Å². The highest BCUT2D eigenvalue weighted by molar-refractivity contribution is 8.26. The van der Waals surface area contributed by atoms with E-state index in [4.69, 9.17) is 21.7 Å². The van der Waals surface area contributed by atoms with Crippen molar-refractivity contribution in [3.05, 3.63) is 28.7 Å². The van der Waals surface area contributed by atoms with Gasteiger partial charge in [-0.15, -0.1) is 0 Å². The van der Waals surface area contributed by atoms with Gasteiger partial charge in [0, 0.05) is 31.7 Å². The fourth-order valence-corrected chi connectivity index (χ4v) is 4.27. The van der Waals surface area contributed by atoms with E-state index in [0.29, 0.717) is 39.4 Å². The molecule has 7 nitrogen and oxygen atoms in total. The quantitative estimate of drug-likeness (QED) is 0.529. The molecule has 2 aliphatic heterocycles. The number of benzene rings is 1. The third-order valence-corrected chi connectivity index (χ3v) is 6.12. The van der Waals surface area contributed by atoms with Crippen LogP contribution in [0.4, 0.5) is 0 Å². The molecule has 2 saturated heterocycles. The minimum Gasteiger partial charge on any atom is -0.497 e. The van der Waals surface area contributed by atoms with Crippen LogP contribution in [0.15, 0.2) is 23.1 Å². The Labute approximate surface area is 174 Å². The summed E-state index contributed by atoms with van der Waals surface area (Å²) in [7, 11) is 5.18. The van der Waals surface area contributed by atoms with Gasteiger partial charge in [0.15, 0.2) is 0 Å². The Balaban J connectivity index is 1.75. The van der Waals surface area contributed by atoms with E-state index in [1.807, 2.05) is 7.05 Å². The summed E-state index contributed by atoms with van der Waals surface area (Å²) < 4.78 is 11.0. The van der Waals surface area contributed by atoms with Gasteiger partial charge in [0.05, 0.1) is 19.1 Å². The number of hydrogen-bond acceptors (Lipinski definition) is 7. The summed E-state index contributed by atoms with van der Waals surface area (Å²) in [5, 5.41) is 0. The zero-order valence-electron chi connectivity index (χ0n) is 16.1. The largest absolute Gasteiger partial charge is 0.497 e. The summed E-state index contributed by atoms with van der Waals surface area (Å²) >= 11 is 6.54.